The molecule has 7 nitrogen and oxygen atoms in total. The van der Waals surface area contributed by atoms with Crippen LogP contribution in [0.15, 0.2) is 12.4 Å². The zero-order valence-electron chi connectivity index (χ0n) is 13.9. The molecule has 0 aliphatic carbocycles. The van der Waals surface area contributed by atoms with Crippen LogP contribution in [0.5, 0.6) is 5.88 Å². The number of rotatable bonds is 3. The number of piperidine rings is 1. The average molecular weight is 320 g/mol. The number of hydrogen-bond donors (Lipinski definition) is 0. The first-order valence-electron chi connectivity index (χ1n) is 8.17. The van der Waals surface area contributed by atoms with E-state index >= 15 is 0 Å². The summed E-state index contributed by atoms with van der Waals surface area (Å²) in [5.41, 5.74) is 0. The van der Waals surface area contributed by atoms with Gasteiger partial charge in [0, 0.05) is 39.0 Å². The molecule has 2 aliphatic rings. The topological polar surface area (TPSA) is 67.8 Å². The third-order valence-electron chi connectivity index (χ3n) is 4.28. The Kier molecular flexibility index (Phi) is 4.66. The summed E-state index contributed by atoms with van der Waals surface area (Å²) >= 11 is 0. The van der Waals surface area contributed by atoms with Crippen LogP contribution in [0, 0.1) is 0 Å². The van der Waals surface area contributed by atoms with E-state index in [1.165, 1.54) is 0 Å². The average Bonchev–Trinajstić information content (AvgIpc) is 2.53. The number of amides is 1. The number of hydrogen-bond acceptors (Lipinski definition) is 6. The van der Waals surface area contributed by atoms with Crippen molar-refractivity contribution >= 4 is 11.7 Å². The lowest BCUT2D eigenvalue weighted by atomic mass is 9.98. The van der Waals surface area contributed by atoms with E-state index in [9.17, 15) is 4.79 Å². The van der Waals surface area contributed by atoms with Crippen LogP contribution < -0.4 is 9.64 Å². The number of anilines is 1. The second-order valence-electron chi connectivity index (χ2n) is 6.28. The van der Waals surface area contributed by atoms with E-state index in [1.807, 2.05) is 18.7 Å². The van der Waals surface area contributed by atoms with Gasteiger partial charge in [0.1, 0.15) is 0 Å². The van der Waals surface area contributed by atoms with E-state index < -0.39 is 0 Å². The van der Waals surface area contributed by atoms with Crippen LogP contribution in [0.4, 0.5) is 5.82 Å². The summed E-state index contributed by atoms with van der Waals surface area (Å²) in [5, 5.41) is 0. The fourth-order valence-corrected chi connectivity index (χ4v) is 3.30. The first kappa shape index (κ1) is 16.0. The highest BCUT2D eigenvalue weighted by atomic mass is 16.5. The van der Waals surface area contributed by atoms with Gasteiger partial charge in [-0.05, 0) is 20.3 Å². The number of carbonyl (C=O) groups excluding carboxylic acids is 1. The molecule has 0 saturated carbocycles. The minimum absolute atomic E-state index is 0.0368. The Balaban J connectivity index is 1.81. The van der Waals surface area contributed by atoms with Crippen molar-refractivity contribution in [2.24, 2.45) is 0 Å². The third kappa shape index (κ3) is 3.39. The molecule has 7 heteroatoms. The van der Waals surface area contributed by atoms with Gasteiger partial charge in [-0.15, -0.1) is 0 Å². The largest absolute Gasteiger partial charge is 0.472 e. The standard InChI is InChI=1S/C16H24N4O3/c1-11(2)23-16-15(17-5-6-18-16)19-7-4-14-13(10-19)20(12(3)21)8-9-22-14/h5-6,11,13-14H,4,7-10H2,1-3H3. The van der Waals surface area contributed by atoms with Crippen molar-refractivity contribution < 1.29 is 14.3 Å². The summed E-state index contributed by atoms with van der Waals surface area (Å²) < 4.78 is 11.6. The van der Waals surface area contributed by atoms with Crippen molar-refractivity contribution in [1.29, 1.82) is 0 Å². The minimum atomic E-state index is 0.0368. The molecule has 0 radical (unpaired) electrons. The lowest BCUT2D eigenvalue weighted by molar-refractivity contribution is -0.145. The SMILES string of the molecule is CC(=O)N1CCOC2CCN(c3nccnc3OC(C)C)CC21. The first-order chi connectivity index (χ1) is 11.1. The fraction of sp³-hybridized carbons (Fsp3) is 0.688. The van der Waals surface area contributed by atoms with Gasteiger partial charge in [-0.2, -0.15) is 0 Å². The zero-order chi connectivity index (χ0) is 16.4. The number of carbonyl (C=O) groups is 1. The minimum Gasteiger partial charge on any atom is -0.472 e. The second kappa shape index (κ2) is 6.70. The van der Waals surface area contributed by atoms with Gasteiger partial charge in [-0.1, -0.05) is 0 Å². The van der Waals surface area contributed by atoms with Crippen molar-refractivity contribution in [3.63, 3.8) is 0 Å². The Morgan fingerprint density at radius 3 is 2.87 bits per heavy atom. The van der Waals surface area contributed by atoms with Gasteiger partial charge in [0.2, 0.25) is 5.91 Å². The molecule has 126 valence electrons. The number of aromatic nitrogens is 2. The van der Waals surface area contributed by atoms with E-state index in [2.05, 4.69) is 14.9 Å². The molecule has 2 unspecified atom stereocenters. The Morgan fingerprint density at radius 1 is 1.35 bits per heavy atom. The lowest BCUT2D eigenvalue weighted by Crippen LogP contribution is -2.61. The summed E-state index contributed by atoms with van der Waals surface area (Å²) in [6.07, 6.45) is 4.32. The predicted molar refractivity (Wildman–Crippen MR) is 85.5 cm³/mol. The van der Waals surface area contributed by atoms with Crippen LogP contribution in [0.2, 0.25) is 0 Å². The van der Waals surface area contributed by atoms with E-state index in [4.69, 9.17) is 9.47 Å². The molecular formula is C16H24N4O3. The Morgan fingerprint density at radius 2 is 2.13 bits per heavy atom. The lowest BCUT2D eigenvalue weighted by Gasteiger charge is -2.47. The molecule has 2 fully saturated rings. The van der Waals surface area contributed by atoms with Gasteiger partial charge in [0.25, 0.3) is 5.88 Å². The van der Waals surface area contributed by atoms with Crippen molar-refractivity contribution in [1.82, 2.24) is 14.9 Å². The van der Waals surface area contributed by atoms with E-state index in [1.54, 1.807) is 19.3 Å². The highest BCUT2D eigenvalue weighted by molar-refractivity contribution is 5.74. The monoisotopic (exact) mass is 320 g/mol. The van der Waals surface area contributed by atoms with Gasteiger partial charge in [0.15, 0.2) is 5.82 Å². The molecule has 0 N–H and O–H groups in total. The normalized spacial score (nSPS) is 24.5. The molecule has 2 saturated heterocycles. The molecular weight excluding hydrogens is 296 g/mol. The number of nitrogens with zero attached hydrogens (tertiary/aromatic N) is 4. The Bertz CT molecular complexity index is 566. The molecule has 3 heterocycles. The molecule has 1 aromatic rings. The smallest absolute Gasteiger partial charge is 0.257 e. The van der Waals surface area contributed by atoms with Crippen LogP contribution in [0.1, 0.15) is 27.2 Å². The number of ether oxygens (including phenoxy) is 2. The number of morpholine rings is 1. The Labute approximate surface area is 136 Å². The van der Waals surface area contributed by atoms with Crippen LogP contribution in [0.25, 0.3) is 0 Å². The maximum atomic E-state index is 11.9. The molecule has 0 aromatic carbocycles. The van der Waals surface area contributed by atoms with Gasteiger partial charge < -0.3 is 19.3 Å². The summed E-state index contributed by atoms with van der Waals surface area (Å²) in [4.78, 5) is 24.7. The van der Waals surface area contributed by atoms with E-state index in [0.717, 1.165) is 18.8 Å². The summed E-state index contributed by atoms with van der Waals surface area (Å²) in [7, 11) is 0. The third-order valence-corrected chi connectivity index (χ3v) is 4.28. The fourth-order valence-electron chi connectivity index (χ4n) is 3.30. The number of fused-ring (bicyclic) bond motifs is 1. The quantitative estimate of drug-likeness (QED) is 0.830. The summed E-state index contributed by atoms with van der Waals surface area (Å²) in [5.74, 6) is 1.39. The highest BCUT2D eigenvalue weighted by Crippen LogP contribution is 2.30. The molecule has 2 atom stereocenters. The van der Waals surface area contributed by atoms with Gasteiger partial charge in [-0.25, -0.2) is 9.97 Å². The van der Waals surface area contributed by atoms with Crippen molar-refractivity contribution in [3.05, 3.63) is 12.4 Å². The van der Waals surface area contributed by atoms with Crippen LogP contribution in [0.3, 0.4) is 0 Å². The van der Waals surface area contributed by atoms with Crippen molar-refractivity contribution in [3.8, 4) is 5.88 Å². The Hall–Kier alpha value is -1.89. The first-order valence-corrected chi connectivity index (χ1v) is 8.17. The summed E-state index contributed by atoms with van der Waals surface area (Å²) in [6.45, 7) is 8.34. The van der Waals surface area contributed by atoms with Crippen molar-refractivity contribution in [2.75, 3.05) is 31.1 Å². The molecule has 1 aromatic heterocycles. The molecule has 2 aliphatic heterocycles. The summed E-state index contributed by atoms with van der Waals surface area (Å²) in [6, 6.07) is 0.0592. The second-order valence-corrected chi connectivity index (χ2v) is 6.28. The maximum Gasteiger partial charge on any atom is 0.257 e. The van der Waals surface area contributed by atoms with E-state index in [0.29, 0.717) is 25.6 Å². The van der Waals surface area contributed by atoms with Crippen LogP contribution >= 0.6 is 0 Å². The maximum absolute atomic E-state index is 11.9. The zero-order valence-corrected chi connectivity index (χ0v) is 13.9. The van der Waals surface area contributed by atoms with Gasteiger partial charge >= 0.3 is 0 Å². The van der Waals surface area contributed by atoms with Crippen molar-refractivity contribution in [2.45, 2.75) is 45.4 Å². The van der Waals surface area contributed by atoms with Gasteiger partial charge in [-0.3, -0.25) is 4.79 Å². The van der Waals surface area contributed by atoms with E-state index in [-0.39, 0.29) is 24.2 Å². The predicted octanol–water partition coefficient (Wildman–Crippen LogP) is 1.09. The molecule has 1 amide bonds. The molecule has 0 spiro atoms. The van der Waals surface area contributed by atoms with Gasteiger partial charge in [0.05, 0.1) is 24.9 Å². The molecule has 23 heavy (non-hydrogen) atoms. The van der Waals surface area contributed by atoms with Crippen LogP contribution in [-0.4, -0.2) is 65.3 Å². The highest BCUT2D eigenvalue weighted by Gasteiger charge is 2.39. The molecule has 0 bridgehead atoms. The molecule has 3 rings (SSSR count). The van der Waals surface area contributed by atoms with Crippen LogP contribution in [-0.2, 0) is 9.53 Å².